The van der Waals surface area contributed by atoms with E-state index in [9.17, 15) is 0 Å². The van der Waals surface area contributed by atoms with Gasteiger partial charge in [0, 0.05) is 22.4 Å². The molecule has 18 heavy (non-hydrogen) atoms. The minimum atomic E-state index is 0.717. The van der Waals surface area contributed by atoms with Gasteiger partial charge in [0.2, 0.25) is 0 Å². The average molecular weight is 259 g/mol. The van der Waals surface area contributed by atoms with E-state index in [1.54, 1.807) is 0 Å². The van der Waals surface area contributed by atoms with Gasteiger partial charge < -0.3 is 5.32 Å². The first-order chi connectivity index (χ1) is 8.88. The van der Waals surface area contributed by atoms with Gasteiger partial charge in [-0.25, -0.2) is 0 Å². The maximum Gasteiger partial charge on any atom is 0.0480 e. The molecule has 3 atom stereocenters. The fourth-order valence-corrected chi connectivity index (χ4v) is 3.90. The smallest absolute Gasteiger partial charge is 0.0480 e. The molecule has 3 unspecified atom stereocenters. The summed E-state index contributed by atoms with van der Waals surface area (Å²) in [5, 5.41) is 3.79. The van der Waals surface area contributed by atoms with Crippen LogP contribution in [-0.2, 0) is 0 Å². The van der Waals surface area contributed by atoms with Crippen molar-refractivity contribution in [1.29, 1.82) is 0 Å². The second-order valence-corrected chi connectivity index (χ2v) is 6.50. The first kappa shape index (κ1) is 12.2. The van der Waals surface area contributed by atoms with Crippen molar-refractivity contribution >= 4 is 17.4 Å². The molecular weight excluding hydrogens is 238 g/mol. The summed E-state index contributed by atoms with van der Waals surface area (Å²) in [6.45, 7) is 3.80. The molecule has 0 saturated heterocycles. The molecule has 1 nitrogen and oxygen atoms in total. The van der Waals surface area contributed by atoms with Crippen molar-refractivity contribution in [3.05, 3.63) is 36.9 Å². The van der Waals surface area contributed by atoms with Crippen LogP contribution < -0.4 is 5.32 Å². The highest BCUT2D eigenvalue weighted by Gasteiger charge is 2.45. The molecule has 2 heteroatoms. The van der Waals surface area contributed by atoms with E-state index < -0.39 is 0 Å². The Bertz CT molecular complexity index is 429. The van der Waals surface area contributed by atoms with Crippen molar-refractivity contribution < 1.29 is 0 Å². The van der Waals surface area contributed by atoms with Gasteiger partial charge >= 0.3 is 0 Å². The molecule has 0 amide bonds. The number of hydrogen-bond acceptors (Lipinski definition) is 2. The van der Waals surface area contributed by atoms with Crippen molar-refractivity contribution in [2.75, 3.05) is 11.1 Å². The van der Waals surface area contributed by atoms with E-state index in [2.05, 4.69) is 36.2 Å². The van der Waals surface area contributed by atoms with Crippen LogP contribution in [0, 0.1) is 11.8 Å². The van der Waals surface area contributed by atoms with Gasteiger partial charge in [-0.15, -0.1) is 18.3 Å². The van der Waals surface area contributed by atoms with Crippen LogP contribution in [0.15, 0.2) is 41.8 Å². The number of rotatable bonds is 5. The molecule has 0 spiro atoms. The van der Waals surface area contributed by atoms with Crippen LogP contribution >= 0.6 is 11.8 Å². The number of hydrogen-bond donors (Lipinski definition) is 1. The Hall–Kier alpha value is -0.890. The van der Waals surface area contributed by atoms with Crippen LogP contribution in [-0.4, -0.2) is 11.8 Å². The molecule has 2 fully saturated rings. The van der Waals surface area contributed by atoms with Crippen LogP contribution in [0.25, 0.3) is 0 Å². The molecule has 0 aromatic heterocycles. The first-order valence-electron chi connectivity index (χ1n) is 6.97. The molecular formula is C16H21NS. The zero-order valence-electron chi connectivity index (χ0n) is 10.8. The number of anilines is 1. The molecule has 2 saturated carbocycles. The van der Waals surface area contributed by atoms with Gasteiger partial charge in [0.15, 0.2) is 0 Å². The third-order valence-corrected chi connectivity index (χ3v) is 5.24. The van der Waals surface area contributed by atoms with Crippen LogP contribution in [0.2, 0.25) is 0 Å². The molecule has 0 bridgehead atoms. The zero-order chi connectivity index (χ0) is 12.4. The Labute approximate surface area is 114 Å². The molecule has 1 aromatic carbocycles. The Morgan fingerprint density at radius 1 is 1.33 bits per heavy atom. The Morgan fingerprint density at radius 3 is 3.11 bits per heavy atom. The van der Waals surface area contributed by atoms with Crippen molar-refractivity contribution in [1.82, 2.24) is 0 Å². The lowest BCUT2D eigenvalue weighted by Crippen LogP contribution is -2.25. The Kier molecular flexibility index (Phi) is 3.64. The summed E-state index contributed by atoms with van der Waals surface area (Å²) in [6, 6.07) is 9.40. The van der Waals surface area contributed by atoms with Gasteiger partial charge in [-0.2, -0.15) is 0 Å². The predicted octanol–water partition coefficient (Wildman–Crippen LogP) is 4.57. The second kappa shape index (κ2) is 5.40. The lowest BCUT2D eigenvalue weighted by molar-refractivity contribution is 0.439. The summed E-state index contributed by atoms with van der Waals surface area (Å²) < 4.78 is 0. The minimum absolute atomic E-state index is 0.717. The number of fused-ring (bicyclic) bond motifs is 1. The number of nitrogens with one attached hydrogen (secondary N) is 1. The second-order valence-electron chi connectivity index (χ2n) is 5.44. The maximum atomic E-state index is 3.80. The molecule has 0 heterocycles. The summed E-state index contributed by atoms with van der Waals surface area (Å²) in [7, 11) is 0. The molecule has 0 radical (unpaired) electrons. The summed E-state index contributed by atoms with van der Waals surface area (Å²) in [6.07, 6.45) is 7.65. The highest BCUT2D eigenvalue weighted by Crippen LogP contribution is 2.50. The first-order valence-corrected chi connectivity index (χ1v) is 7.96. The van der Waals surface area contributed by atoms with E-state index in [1.807, 2.05) is 17.8 Å². The highest BCUT2D eigenvalue weighted by molar-refractivity contribution is 7.99. The van der Waals surface area contributed by atoms with Gasteiger partial charge in [0.05, 0.1) is 0 Å². The zero-order valence-corrected chi connectivity index (χ0v) is 11.6. The van der Waals surface area contributed by atoms with Crippen LogP contribution in [0.3, 0.4) is 0 Å². The molecule has 1 N–H and O–H groups in total. The fraction of sp³-hybridized carbons (Fsp3) is 0.500. The highest BCUT2D eigenvalue weighted by atomic mass is 32.2. The van der Waals surface area contributed by atoms with E-state index in [4.69, 9.17) is 0 Å². The van der Waals surface area contributed by atoms with E-state index in [0.29, 0.717) is 6.04 Å². The quantitative estimate of drug-likeness (QED) is 0.614. The molecule has 96 valence electrons. The van der Waals surface area contributed by atoms with Gasteiger partial charge in [0.1, 0.15) is 0 Å². The van der Waals surface area contributed by atoms with Gasteiger partial charge in [-0.3, -0.25) is 0 Å². The van der Waals surface area contributed by atoms with Crippen LogP contribution in [0.4, 0.5) is 5.69 Å². The van der Waals surface area contributed by atoms with E-state index in [0.717, 1.165) is 17.6 Å². The lowest BCUT2D eigenvalue weighted by Gasteiger charge is -2.25. The van der Waals surface area contributed by atoms with Crippen molar-refractivity contribution in [2.45, 2.75) is 36.6 Å². The topological polar surface area (TPSA) is 12.0 Å². The summed E-state index contributed by atoms with van der Waals surface area (Å²) in [5.41, 5.74) is 1.32. The summed E-state index contributed by atoms with van der Waals surface area (Å²) >= 11 is 1.87. The predicted molar refractivity (Wildman–Crippen MR) is 80.2 cm³/mol. The van der Waals surface area contributed by atoms with Crippen molar-refractivity contribution in [3.63, 3.8) is 0 Å². The summed E-state index contributed by atoms with van der Waals surface area (Å²) in [5.74, 6) is 2.97. The van der Waals surface area contributed by atoms with Crippen LogP contribution in [0.5, 0.6) is 0 Å². The van der Waals surface area contributed by atoms with Crippen LogP contribution in [0.1, 0.15) is 25.7 Å². The fourth-order valence-electron chi connectivity index (χ4n) is 3.15. The third-order valence-electron chi connectivity index (χ3n) is 4.17. The molecule has 0 aliphatic heterocycles. The monoisotopic (exact) mass is 259 g/mol. The Morgan fingerprint density at radius 2 is 2.22 bits per heavy atom. The van der Waals surface area contributed by atoms with Gasteiger partial charge in [-0.05, 0) is 36.8 Å². The van der Waals surface area contributed by atoms with Gasteiger partial charge in [-0.1, -0.05) is 31.1 Å². The largest absolute Gasteiger partial charge is 0.381 e. The van der Waals surface area contributed by atoms with Crippen molar-refractivity contribution in [3.8, 4) is 0 Å². The molecule has 3 rings (SSSR count). The molecule has 2 aliphatic rings. The Balaban J connectivity index is 1.69. The van der Waals surface area contributed by atoms with E-state index >= 15 is 0 Å². The SMILES string of the molecule is C=CCSc1ccccc1NC1CCCC2CC21. The third kappa shape index (κ3) is 2.59. The van der Waals surface area contributed by atoms with E-state index in [-0.39, 0.29) is 0 Å². The maximum absolute atomic E-state index is 3.80. The molecule has 2 aliphatic carbocycles. The molecule has 1 aromatic rings. The standard InChI is InChI=1S/C16H21NS/c1-2-10-18-16-9-4-3-7-15(16)17-14-8-5-6-12-11-13(12)14/h2-4,7,9,12-14,17H,1,5-6,8,10-11H2. The normalized spacial score (nSPS) is 29.4. The number of para-hydroxylation sites is 1. The number of benzene rings is 1. The lowest BCUT2D eigenvalue weighted by atomic mass is 9.95. The minimum Gasteiger partial charge on any atom is -0.381 e. The summed E-state index contributed by atoms with van der Waals surface area (Å²) in [4.78, 5) is 1.36. The number of thioether (sulfide) groups is 1. The van der Waals surface area contributed by atoms with Gasteiger partial charge in [0.25, 0.3) is 0 Å². The van der Waals surface area contributed by atoms with Crippen molar-refractivity contribution in [2.24, 2.45) is 11.8 Å². The van der Waals surface area contributed by atoms with E-state index in [1.165, 1.54) is 36.3 Å². The average Bonchev–Trinajstić information content (AvgIpc) is 3.18.